The molecule has 0 radical (unpaired) electrons. The van der Waals surface area contributed by atoms with Gasteiger partial charge in [-0.05, 0) is 36.4 Å². The van der Waals surface area contributed by atoms with Crippen LogP contribution in [0.15, 0.2) is 53.9 Å². The molecular formula is C13H9FN2O2. The molecule has 90 valence electrons. The number of carbonyl (C=O) groups is 1. The lowest BCUT2D eigenvalue weighted by molar-refractivity contribution is 0.106. The number of pyridine rings is 1. The highest BCUT2D eigenvalue weighted by Crippen LogP contribution is 2.09. The number of hydrogen-bond acceptors (Lipinski definition) is 4. The summed E-state index contributed by atoms with van der Waals surface area (Å²) < 4.78 is 12.8. The first kappa shape index (κ1) is 11.9. The highest BCUT2D eigenvalue weighted by molar-refractivity contribution is 6.51. The van der Waals surface area contributed by atoms with Crippen LogP contribution in [0.2, 0.25) is 0 Å². The second kappa shape index (κ2) is 5.18. The predicted octanol–water partition coefficient (Wildman–Crippen LogP) is 2.28. The van der Waals surface area contributed by atoms with Gasteiger partial charge in [0.15, 0.2) is 5.71 Å². The van der Waals surface area contributed by atoms with Crippen LogP contribution >= 0.6 is 0 Å². The molecule has 0 aliphatic rings. The van der Waals surface area contributed by atoms with Crippen molar-refractivity contribution in [3.05, 3.63) is 65.7 Å². The Balaban J connectivity index is 2.36. The molecule has 5 heteroatoms. The smallest absolute Gasteiger partial charge is 0.215 e. The van der Waals surface area contributed by atoms with Crippen LogP contribution in [-0.4, -0.2) is 21.7 Å². The fourth-order valence-corrected chi connectivity index (χ4v) is 1.48. The zero-order chi connectivity index (χ0) is 13.0. The standard InChI is InChI=1S/C13H9FN2O2/c14-11-3-1-9(2-4-11)12(16-18)13(17)10-5-7-15-8-6-10/h1-8,18H/b16-12+. The van der Waals surface area contributed by atoms with E-state index in [-0.39, 0.29) is 5.71 Å². The van der Waals surface area contributed by atoms with Gasteiger partial charge in [-0.1, -0.05) is 5.16 Å². The summed E-state index contributed by atoms with van der Waals surface area (Å²) in [5, 5.41) is 11.9. The molecule has 0 aliphatic carbocycles. The molecule has 0 atom stereocenters. The maximum atomic E-state index is 12.8. The topological polar surface area (TPSA) is 62.5 Å². The molecule has 1 heterocycles. The van der Waals surface area contributed by atoms with E-state index in [9.17, 15) is 9.18 Å². The molecule has 4 nitrogen and oxygen atoms in total. The zero-order valence-corrected chi connectivity index (χ0v) is 9.25. The van der Waals surface area contributed by atoms with Crippen LogP contribution in [0, 0.1) is 5.82 Å². The third-order valence-electron chi connectivity index (χ3n) is 2.38. The van der Waals surface area contributed by atoms with Crippen LogP contribution in [-0.2, 0) is 0 Å². The molecule has 1 aromatic carbocycles. The average molecular weight is 244 g/mol. The number of halogens is 1. The number of aromatic nitrogens is 1. The summed E-state index contributed by atoms with van der Waals surface area (Å²) in [5.41, 5.74) is 0.559. The molecule has 1 aromatic heterocycles. The summed E-state index contributed by atoms with van der Waals surface area (Å²) in [6, 6.07) is 8.17. The molecule has 0 bridgehead atoms. The normalized spacial score (nSPS) is 11.3. The molecule has 1 N–H and O–H groups in total. The average Bonchev–Trinajstić information content (AvgIpc) is 2.42. The van der Waals surface area contributed by atoms with Crippen LogP contribution < -0.4 is 0 Å². The van der Waals surface area contributed by atoms with Gasteiger partial charge in [-0.15, -0.1) is 0 Å². The molecule has 0 spiro atoms. The number of rotatable bonds is 3. The van der Waals surface area contributed by atoms with Crippen molar-refractivity contribution in [1.29, 1.82) is 0 Å². The number of nitrogens with zero attached hydrogens (tertiary/aromatic N) is 2. The number of benzene rings is 1. The third kappa shape index (κ3) is 2.40. The molecule has 0 amide bonds. The van der Waals surface area contributed by atoms with Crippen molar-refractivity contribution in [2.24, 2.45) is 5.16 Å². The van der Waals surface area contributed by atoms with E-state index < -0.39 is 11.6 Å². The van der Waals surface area contributed by atoms with Gasteiger partial charge >= 0.3 is 0 Å². The van der Waals surface area contributed by atoms with Gasteiger partial charge in [-0.2, -0.15) is 0 Å². The second-order valence-electron chi connectivity index (χ2n) is 3.52. The Morgan fingerprint density at radius 2 is 1.67 bits per heavy atom. The lowest BCUT2D eigenvalue weighted by Crippen LogP contribution is -2.16. The summed E-state index contributed by atoms with van der Waals surface area (Å²) in [6.07, 6.45) is 2.93. The molecule has 0 unspecified atom stereocenters. The molecule has 18 heavy (non-hydrogen) atoms. The first-order valence-electron chi connectivity index (χ1n) is 5.15. The predicted molar refractivity (Wildman–Crippen MR) is 63.3 cm³/mol. The van der Waals surface area contributed by atoms with E-state index in [2.05, 4.69) is 10.1 Å². The highest BCUT2D eigenvalue weighted by Gasteiger charge is 2.16. The quantitative estimate of drug-likeness (QED) is 0.390. The Kier molecular flexibility index (Phi) is 3.43. The molecule has 0 fully saturated rings. The van der Waals surface area contributed by atoms with Gasteiger partial charge in [0, 0.05) is 23.5 Å². The summed E-state index contributed by atoms with van der Waals surface area (Å²) >= 11 is 0. The highest BCUT2D eigenvalue weighted by atomic mass is 19.1. The first-order valence-corrected chi connectivity index (χ1v) is 5.15. The lowest BCUT2D eigenvalue weighted by atomic mass is 10.0. The van der Waals surface area contributed by atoms with Crippen LogP contribution in [0.4, 0.5) is 4.39 Å². The Morgan fingerprint density at radius 1 is 1.06 bits per heavy atom. The fraction of sp³-hybridized carbons (Fsp3) is 0. The van der Waals surface area contributed by atoms with E-state index in [0.29, 0.717) is 11.1 Å². The van der Waals surface area contributed by atoms with Gasteiger partial charge in [0.25, 0.3) is 0 Å². The molecular weight excluding hydrogens is 235 g/mol. The Bertz CT molecular complexity index is 580. The van der Waals surface area contributed by atoms with Crippen molar-refractivity contribution in [2.75, 3.05) is 0 Å². The monoisotopic (exact) mass is 244 g/mol. The van der Waals surface area contributed by atoms with Gasteiger partial charge in [0.2, 0.25) is 5.78 Å². The van der Waals surface area contributed by atoms with Crippen LogP contribution in [0.1, 0.15) is 15.9 Å². The number of ketones is 1. The maximum Gasteiger partial charge on any atom is 0.215 e. The molecule has 0 saturated heterocycles. The zero-order valence-electron chi connectivity index (χ0n) is 9.25. The van der Waals surface area contributed by atoms with Crippen molar-refractivity contribution in [3.63, 3.8) is 0 Å². The van der Waals surface area contributed by atoms with Gasteiger partial charge < -0.3 is 5.21 Å². The first-order chi connectivity index (χ1) is 8.72. The van der Waals surface area contributed by atoms with Gasteiger partial charge in [-0.25, -0.2) is 4.39 Å². The Hall–Kier alpha value is -2.56. The number of oxime groups is 1. The van der Waals surface area contributed by atoms with Crippen LogP contribution in [0.3, 0.4) is 0 Å². The fourth-order valence-electron chi connectivity index (χ4n) is 1.48. The molecule has 0 saturated carbocycles. The van der Waals surface area contributed by atoms with Crippen molar-refractivity contribution in [1.82, 2.24) is 4.98 Å². The number of Topliss-reactive ketones (excluding diaryl/α,β-unsaturated/α-hetero) is 1. The third-order valence-corrected chi connectivity index (χ3v) is 2.38. The summed E-state index contributed by atoms with van der Waals surface area (Å²) in [4.78, 5) is 15.8. The van der Waals surface area contributed by atoms with E-state index in [0.717, 1.165) is 0 Å². The summed E-state index contributed by atoms with van der Waals surface area (Å²) in [5.74, 6) is -0.876. The minimum atomic E-state index is -0.452. The molecule has 2 rings (SSSR count). The van der Waals surface area contributed by atoms with Crippen molar-refractivity contribution >= 4 is 11.5 Å². The second-order valence-corrected chi connectivity index (χ2v) is 3.52. The van der Waals surface area contributed by atoms with Gasteiger partial charge in [0.1, 0.15) is 5.82 Å². The van der Waals surface area contributed by atoms with Crippen molar-refractivity contribution in [3.8, 4) is 0 Å². The minimum absolute atomic E-state index is 0.138. The van der Waals surface area contributed by atoms with E-state index in [4.69, 9.17) is 5.21 Å². The van der Waals surface area contributed by atoms with Crippen LogP contribution in [0.25, 0.3) is 0 Å². The van der Waals surface area contributed by atoms with Gasteiger partial charge in [-0.3, -0.25) is 9.78 Å². The van der Waals surface area contributed by atoms with Gasteiger partial charge in [0.05, 0.1) is 0 Å². The van der Waals surface area contributed by atoms with Crippen molar-refractivity contribution < 1.29 is 14.4 Å². The summed E-state index contributed by atoms with van der Waals surface area (Å²) in [6.45, 7) is 0. The maximum absolute atomic E-state index is 12.8. The van der Waals surface area contributed by atoms with E-state index in [1.807, 2.05) is 0 Å². The minimum Gasteiger partial charge on any atom is -0.410 e. The number of carbonyl (C=O) groups excluding carboxylic acids is 1. The Labute approximate surface area is 102 Å². The Morgan fingerprint density at radius 3 is 2.22 bits per heavy atom. The van der Waals surface area contributed by atoms with Crippen molar-refractivity contribution in [2.45, 2.75) is 0 Å². The lowest BCUT2D eigenvalue weighted by Gasteiger charge is -2.03. The largest absolute Gasteiger partial charge is 0.410 e. The van der Waals surface area contributed by atoms with E-state index in [1.54, 1.807) is 0 Å². The van der Waals surface area contributed by atoms with E-state index in [1.165, 1.54) is 48.8 Å². The van der Waals surface area contributed by atoms with E-state index >= 15 is 0 Å². The number of hydrogen-bond donors (Lipinski definition) is 1. The van der Waals surface area contributed by atoms with Crippen LogP contribution in [0.5, 0.6) is 0 Å². The molecule has 2 aromatic rings. The summed E-state index contributed by atoms with van der Waals surface area (Å²) in [7, 11) is 0. The molecule has 0 aliphatic heterocycles. The SMILES string of the molecule is O=C(/C(=N/O)c1ccc(F)cc1)c1ccncc1.